The molecule has 1 aromatic carbocycles. The number of aliphatic carboxylic acids is 1. The van der Waals surface area contributed by atoms with Gasteiger partial charge in [-0.3, -0.25) is 4.79 Å². The molecule has 0 bridgehead atoms. The molecule has 16 heavy (non-hydrogen) atoms. The van der Waals surface area contributed by atoms with Gasteiger partial charge in [0.2, 0.25) is 0 Å². The second-order valence-electron chi connectivity index (χ2n) is 3.86. The van der Waals surface area contributed by atoms with Gasteiger partial charge < -0.3 is 5.11 Å². The van der Waals surface area contributed by atoms with Crippen molar-refractivity contribution in [2.45, 2.75) is 19.3 Å². The SMILES string of the molecule is O=C(O)C=Cc1ccc2c(c1)CCCC2=O. The number of ketones is 1. The Hall–Kier alpha value is -1.90. The van der Waals surface area contributed by atoms with Crippen LogP contribution in [0.1, 0.15) is 34.3 Å². The molecule has 0 spiro atoms. The molecule has 1 aromatic rings. The second kappa shape index (κ2) is 4.31. The smallest absolute Gasteiger partial charge is 0.328 e. The highest BCUT2D eigenvalue weighted by atomic mass is 16.4. The summed E-state index contributed by atoms with van der Waals surface area (Å²) in [5.74, 6) is -0.774. The van der Waals surface area contributed by atoms with Crippen LogP contribution in [0, 0.1) is 0 Å². The Morgan fingerprint density at radius 3 is 2.88 bits per heavy atom. The van der Waals surface area contributed by atoms with Gasteiger partial charge in [-0.2, -0.15) is 0 Å². The summed E-state index contributed by atoms with van der Waals surface area (Å²) in [5, 5.41) is 8.51. The van der Waals surface area contributed by atoms with Gasteiger partial charge in [-0.25, -0.2) is 4.79 Å². The topological polar surface area (TPSA) is 54.4 Å². The van der Waals surface area contributed by atoms with Crippen molar-refractivity contribution in [1.82, 2.24) is 0 Å². The van der Waals surface area contributed by atoms with Gasteiger partial charge >= 0.3 is 5.97 Å². The Balaban J connectivity index is 2.32. The van der Waals surface area contributed by atoms with Gasteiger partial charge in [0.25, 0.3) is 0 Å². The third-order valence-electron chi connectivity index (χ3n) is 2.70. The lowest BCUT2D eigenvalue weighted by molar-refractivity contribution is -0.131. The average molecular weight is 216 g/mol. The van der Waals surface area contributed by atoms with Gasteiger partial charge in [0.05, 0.1) is 0 Å². The van der Waals surface area contributed by atoms with Gasteiger partial charge in [0.15, 0.2) is 5.78 Å². The molecule has 2 rings (SSSR count). The summed E-state index contributed by atoms with van der Waals surface area (Å²) >= 11 is 0. The van der Waals surface area contributed by atoms with Gasteiger partial charge in [-0.1, -0.05) is 18.2 Å². The van der Waals surface area contributed by atoms with Crippen LogP contribution in [-0.4, -0.2) is 16.9 Å². The van der Waals surface area contributed by atoms with E-state index in [0.29, 0.717) is 6.42 Å². The van der Waals surface area contributed by atoms with Crippen molar-refractivity contribution in [1.29, 1.82) is 0 Å². The number of aryl methyl sites for hydroxylation is 1. The van der Waals surface area contributed by atoms with Gasteiger partial charge in [0.1, 0.15) is 0 Å². The minimum atomic E-state index is -0.964. The molecule has 0 fully saturated rings. The van der Waals surface area contributed by atoms with E-state index in [0.717, 1.165) is 35.6 Å². The minimum absolute atomic E-state index is 0.190. The lowest BCUT2D eigenvalue weighted by atomic mass is 9.89. The number of benzene rings is 1. The Bertz CT molecular complexity index is 472. The number of carboxylic acid groups (broad SMARTS) is 1. The standard InChI is InChI=1S/C13H12O3/c14-12-3-1-2-10-8-9(4-6-11(10)12)5-7-13(15)16/h4-8H,1-3H2,(H,15,16). The van der Waals surface area contributed by atoms with Crippen molar-refractivity contribution in [2.24, 2.45) is 0 Å². The van der Waals surface area contributed by atoms with Crippen molar-refractivity contribution < 1.29 is 14.7 Å². The molecule has 0 saturated carbocycles. The molecule has 0 radical (unpaired) electrons. The quantitative estimate of drug-likeness (QED) is 0.772. The monoisotopic (exact) mass is 216 g/mol. The number of rotatable bonds is 2. The van der Waals surface area contributed by atoms with Crippen molar-refractivity contribution in [3.8, 4) is 0 Å². The first kappa shape index (κ1) is 10.6. The van der Waals surface area contributed by atoms with Crippen LogP contribution in [0.25, 0.3) is 6.08 Å². The van der Waals surface area contributed by atoms with Crippen molar-refractivity contribution >= 4 is 17.8 Å². The van der Waals surface area contributed by atoms with E-state index >= 15 is 0 Å². The predicted molar refractivity (Wildman–Crippen MR) is 60.4 cm³/mol. The summed E-state index contributed by atoms with van der Waals surface area (Å²) in [6, 6.07) is 5.46. The second-order valence-corrected chi connectivity index (χ2v) is 3.86. The largest absolute Gasteiger partial charge is 0.478 e. The Morgan fingerprint density at radius 2 is 2.12 bits per heavy atom. The number of carbonyl (C=O) groups excluding carboxylic acids is 1. The maximum Gasteiger partial charge on any atom is 0.328 e. The summed E-state index contributed by atoms with van der Waals surface area (Å²) in [7, 11) is 0. The maximum absolute atomic E-state index is 11.6. The predicted octanol–water partition coefficient (Wildman–Crippen LogP) is 2.30. The summed E-state index contributed by atoms with van der Waals surface area (Å²) < 4.78 is 0. The van der Waals surface area contributed by atoms with Crippen LogP contribution in [0.4, 0.5) is 0 Å². The number of hydrogen-bond donors (Lipinski definition) is 1. The zero-order chi connectivity index (χ0) is 11.5. The Labute approximate surface area is 93.4 Å². The molecule has 3 heteroatoms. The average Bonchev–Trinajstić information content (AvgIpc) is 2.26. The van der Waals surface area contributed by atoms with Crippen LogP contribution in [0.5, 0.6) is 0 Å². The fourth-order valence-corrected chi connectivity index (χ4v) is 1.94. The van der Waals surface area contributed by atoms with Crippen molar-refractivity contribution in [2.75, 3.05) is 0 Å². The highest BCUT2D eigenvalue weighted by Crippen LogP contribution is 2.22. The molecule has 1 N–H and O–H groups in total. The molecule has 0 atom stereocenters. The maximum atomic E-state index is 11.6. The lowest BCUT2D eigenvalue weighted by Crippen LogP contribution is -2.10. The molecule has 0 saturated heterocycles. The van der Waals surface area contributed by atoms with E-state index in [1.54, 1.807) is 18.2 Å². The van der Waals surface area contributed by atoms with Crippen LogP contribution < -0.4 is 0 Å². The van der Waals surface area contributed by atoms with Crippen molar-refractivity contribution in [3.05, 3.63) is 41.0 Å². The minimum Gasteiger partial charge on any atom is -0.478 e. The highest BCUT2D eigenvalue weighted by Gasteiger charge is 2.16. The lowest BCUT2D eigenvalue weighted by Gasteiger charge is -2.14. The van der Waals surface area contributed by atoms with Gasteiger partial charge in [-0.05, 0) is 30.0 Å². The zero-order valence-corrected chi connectivity index (χ0v) is 8.77. The molecule has 0 aromatic heterocycles. The summed E-state index contributed by atoms with van der Waals surface area (Å²) in [4.78, 5) is 21.9. The third kappa shape index (κ3) is 2.19. The van der Waals surface area contributed by atoms with Gasteiger partial charge in [-0.15, -0.1) is 0 Å². The first-order chi connectivity index (χ1) is 7.66. The van der Waals surface area contributed by atoms with Crippen LogP contribution in [0.3, 0.4) is 0 Å². The van der Waals surface area contributed by atoms with E-state index in [1.165, 1.54) is 0 Å². The van der Waals surface area contributed by atoms with E-state index < -0.39 is 5.97 Å². The highest BCUT2D eigenvalue weighted by molar-refractivity contribution is 5.98. The number of Topliss-reactive ketones (excluding diaryl/α,β-unsaturated/α-hetero) is 1. The molecular weight excluding hydrogens is 204 g/mol. The fourth-order valence-electron chi connectivity index (χ4n) is 1.94. The third-order valence-corrected chi connectivity index (χ3v) is 2.70. The Kier molecular flexibility index (Phi) is 2.86. The van der Waals surface area contributed by atoms with Gasteiger partial charge in [0, 0.05) is 18.1 Å². The molecule has 0 heterocycles. The number of carboxylic acids is 1. The first-order valence-electron chi connectivity index (χ1n) is 5.24. The Morgan fingerprint density at radius 1 is 1.31 bits per heavy atom. The van der Waals surface area contributed by atoms with E-state index in [9.17, 15) is 9.59 Å². The first-order valence-corrected chi connectivity index (χ1v) is 5.24. The molecule has 1 aliphatic rings. The molecule has 0 amide bonds. The normalized spacial score (nSPS) is 15.1. The van der Waals surface area contributed by atoms with Crippen LogP contribution >= 0.6 is 0 Å². The molecule has 1 aliphatic carbocycles. The number of hydrogen-bond acceptors (Lipinski definition) is 2. The van der Waals surface area contributed by atoms with E-state index in [-0.39, 0.29) is 5.78 Å². The van der Waals surface area contributed by atoms with Crippen LogP contribution in [0.2, 0.25) is 0 Å². The van der Waals surface area contributed by atoms with E-state index in [1.807, 2.05) is 6.07 Å². The zero-order valence-electron chi connectivity index (χ0n) is 8.77. The summed E-state index contributed by atoms with van der Waals surface area (Å²) in [5.41, 5.74) is 2.65. The van der Waals surface area contributed by atoms with E-state index in [2.05, 4.69) is 0 Å². The molecule has 82 valence electrons. The molecule has 0 unspecified atom stereocenters. The summed E-state index contributed by atoms with van der Waals surface area (Å²) in [6.07, 6.45) is 5.05. The van der Waals surface area contributed by atoms with Crippen molar-refractivity contribution in [3.63, 3.8) is 0 Å². The molecule has 0 aliphatic heterocycles. The number of carbonyl (C=O) groups is 2. The molecular formula is C13H12O3. The summed E-state index contributed by atoms with van der Waals surface area (Å²) in [6.45, 7) is 0. The van der Waals surface area contributed by atoms with E-state index in [4.69, 9.17) is 5.11 Å². The van der Waals surface area contributed by atoms with Crippen LogP contribution in [0.15, 0.2) is 24.3 Å². The van der Waals surface area contributed by atoms with Crippen LogP contribution in [-0.2, 0) is 11.2 Å². The fraction of sp³-hybridized carbons (Fsp3) is 0.231. The molecule has 3 nitrogen and oxygen atoms in total. The number of fused-ring (bicyclic) bond motifs is 1.